The van der Waals surface area contributed by atoms with Crippen molar-refractivity contribution in [1.29, 1.82) is 0 Å². The van der Waals surface area contributed by atoms with E-state index in [4.69, 9.17) is 10.5 Å². The van der Waals surface area contributed by atoms with Crippen LogP contribution in [0.5, 0.6) is 0 Å². The maximum atomic E-state index is 11.9. The minimum Gasteiger partial charge on any atom is -0.383 e. The summed E-state index contributed by atoms with van der Waals surface area (Å²) in [4.78, 5) is 13.8. The minimum atomic E-state index is -0.495. The first-order valence-electron chi connectivity index (χ1n) is 5.72. The van der Waals surface area contributed by atoms with Crippen LogP contribution in [-0.2, 0) is 9.53 Å². The van der Waals surface area contributed by atoms with Crippen LogP contribution in [0.25, 0.3) is 0 Å². The normalized spacial score (nSPS) is 22.4. The van der Waals surface area contributed by atoms with Gasteiger partial charge in [-0.25, -0.2) is 0 Å². The fourth-order valence-corrected chi connectivity index (χ4v) is 2.08. The number of nitrogens with zero attached hydrogens (tertiary/aromatic N) is 1. The van der Waals surface area contributed by atoms with Gasteiger partial charge in [-0.3, -0.25) is 4.79 Å². The van der Waals surface area contributed by atoms with E-state index in [1.54, 1.807) is 7.11 Å². The molecule has 1 saturated heterocycles. The van der Waals surface area contributed by atoms with Crippen molar-refractivity contribution in [2.24, 2.45) is 11.7 Å². The van der Waals surface area contributed by atoms with E-state index >= 15 is 0 Å². The van der Waals surface area contributed by atoms with Gasteiger partial charge in [-0.2, -0.15) is 0 Å². The molecule has 0 aliphatic carbocycles. The van der Waals surface area contributed by atoms with Crippen LogP contribution < -0.4 is 5.73 Å². The SMILES string of the molecule is CCC1CCCN(C(=O)C(N)COC)C1.Cl. The second-order valence-electron chi connectivity index (χ2n) is 4.26. The van der Waals surface area contributed by atoms with E-state index in [-0.39, 0.29) is 18.3 Å². The number of carbonyl (C=O) groups is 1. The van der Waals surface area contributed by atoms with Crippen LogP contribution >= 0.6 is 12.4 Å². The standard InChI is InChI=1S/C11H22N2O2.ClH/c1-3-9-5-4-6-13(7-9)11(14)10(12)8-15-2;/h9-10H,3-8,12H2,1-2H3;1H. The van der Waals surface area contributed by atoms with Gasteiger partial charge in [0, 0.05) is 20.2 Å². The van der Waals surface area contributed by atoms with Gasteiger partial charge >= 0.3 is 0 Å². The molecule has 0 radical (unpaired) electrons. The fourth-order valence-electron chi connectivity index (χ4n) is 2.08. The highest BCUT2D eigenvalue weighted by molar-refractivity contribution is 5.85. The molecule has 1 aliphatic heterocycles. The van der Waals surface area contributed by atoms with Gasteiger partial charge in [0.1, 0.15) is 6.04 Å². The van der Waals surface area contributed by atoms with Crippen molar-refractivity contribution in [3.63, 3.8) is 0 Å². The van der Waals surface area contributed by atoms with E-state index in [1.807, 2.05) is 4.90 Å². The average Bonchev–Trinajstić information content (AvgIpc) is 2.28. The third-order valence-corrected chi connectivity index (χ3v) is 3.07. The van der Waals surface area contributed by atoms with E-state index < -0.39 is 6.04 Å². The lowest BCUT2D eigenvalue weighted by Gasteiger charge is -2.33. The van der Waals surface area contributed by atoms with Crippen LogP contribution in [0.15, 0.2) is 0 Å². The number of hydrogen-bond donors (Lipinski definition) is 1. The van der Waals surface area contributed by atoms with Gasteiger partial charge in [0.25, 0.3) is 0 Å². The molecule has 96 valence electrons. The van der Waals surface area contributed by atoms with E-state index in [1.165, 1.54) is 6.42 Å². The molecular formula is C11H23ClN2O2. The van der Waals surface area contributed by atoms with Crippen molar-refractivity contribution in [2.45, 2.75) is 32.2 Å². The van der Waals surface area contributed by atoms with Crippen molar-refractivity contribution < 1.29 is 9.53 Å². The van der Waals surface area contributed by atoms with Crippen LogP contribution in [0.1, 0.15) is 26.2 Å². The summed E-state index contributed by atoms with van der Waals surface area (Å²) in [7, 11) is 1.57. The van der Waals surface area contributed by atoms with Gasteiger partial charge in [-0.1, -0.05) is 13.3 Å². The average molecular weight is 251 g/mol. The molecule has 1 amide bonds. The van der Waals surface area contributed by atoms with Crippen molar-refractivity contribution in [2.75, 3.05) is 26.8 Å². The molecule has 16 heavy (non-hydrogen) atoms. The Morgan fingerprint density at radius 1 is 1.62 bits per heavy atom. The lowest BCUT2D eigenvalue weighted by molar-refractivity contribution is -0.135. The van der Waals surface area contributed by atoms with Gasteiger partial charge in [0.15, 0.2) is 0 Å². The van der Waals surface area contributed by atoms with Crippen molar-refractivity contribution in [1.82, 2.24) is 4.90 Å². The predicted molar refractivity (Wildman–Crippen MR) is 66.7 cm³/mol. The first-order chi connectivity index (χ1) is 7.19. The second kappa shape index (κ2) is 7.87. The Morgan fingerprint density at radius 2 is 2.31 bits per heavy atom. The molecule has 1 heterocycles. The molecule has 2 N–H and O–H groups in total. The Balaban J connectivity index is 0.00000225. The van der Waals surface area contributed by atoms with Crippen LogP contribution in [0.4, 0.5) is 0 Å². The van der Waals surface area contributed by atoms with Gasteiger partial charge in [-0.05, 0) is 18.8 Å². The number of likely N-dealkylation sites (tertiary alicyclic amines) is 1. The first-order valence-corrected chi connectivity index (χ1v) is 5.72. The molecule has 0 aromatic carbocycles. The molecule has 4 nitrogen and oxygen atoms in total. The zero-order valence-corrected chi connectivity index (χ0v) is 11.0. The number of hydrogen-bond acceptors (Lipinski definition) is 3. The predicted octanol–water partition coefficient (Wildman–Crippen LogP) is 1.03. The smallest absolute Gasteiger partial charge is 0.241 e. The molecule has 0 aromatic heterocycles. The summed E-state index contributed by atoms with van der Waals surface area (Å²) >= 11 is 0. The van der Waals surface area contributed by atoms with Gasteiger partial charge in [0.05, 0.1) is 6.61 Å². The van der Waals surface area contributed by atoms with Gasteiger partial charge < -0.3 is 15.4 Å². The number of carbonyl (C=O) groups excluding carboxylic acids is 1. The largest absolute Gasteiger partial charge is 0.383 e. The number of piperidine rings is 1. The van der Waals surface area contributed by atoms with Crippen molar-refractivity contribution >= 4 is 18.3 Å². The van der Waals surface area contributed by atoms with E-state index in [0.717, 1.165) is 25.9 Å². The Bertz CT molecular complexity index is 214. The summed E-state index contributed by atoms with van der Waals surface area (Å²) in [6, 6.07) is -0.495. The van der Waals surface area contributed by atoms with E-state index in [9.17, 15) is 4.79 Å². The van der Waals surface area contributed by atoms with Crippen molar-refractivity contribution in [3.8, 4) is 0 Å². The highest BCUT2D eigenvalue weighted by Gasteiger charge is 2.25. The second-order valence-corrected chi connectivity index (χ2v) is 4.26. The molecule has 0 bridgehead atoms. The number of amides is 1. The third kappa shape index (κ3) is 4.28. The number of methoxy groups -OCH3 is 1. The third-order valence-electron chi connectivity index (χ3n) is 3.07. The summed E-state index contributed by atoms with van der Waals surface area (Å²) in [5, 5.41) is 0. The quantitative estimate of drug-likeness (QED) is 0.811. The van der Waals surface area contributed by atoms with Gasteiger partial charge in [-0.15, -0.1) is 12.4 Å². The minimum absolute atomic E-state index is 0. The highest BCUT2D eigenvalue weighted by Crippen LogP contribution is 2.19. The summed E-state index contributed by atoms with van der Waals surface area (Å²) in [6.45, 7) is 4.21. The van der Waals surface area contributed by atoms with E-state index in [0.29, 0.717) is 12.5 Å². The molecule has 1 rings (SSSR count). The number of halogens is 1. The zero-order chi connectivity index (χ0) is 11.3. The Kier molecular flexibility index (Phi) is 7.72. The molecule has 0 aromatic rings. The van der Waals surface area contributed by atoms with E-state index in [2.05, 4.69) is 6.92 Å². The number of nitrogens with two attached hydrogens (primary N) is 1. The first kappa shape index (κ1) is 15.7. The lowest BCUT2D eigenvalue weighted by Crippen LogP contribution is -2.49. The monoisotopic (exact) mass is 250 g/mol. The molecule has 2 atom stereocenters. The molecule has 0 saturated carbocycles. The molecule has 2 unspecified atom stereocenters. The number of rotatable bonds is 4. The Labute approximate surface area is 104 Å². The lowest BCUT2D eigenvalue weighted by atomic mass is 9.95. The maximum Gasteiger partial charge on any atom is 0.241 e. The van der Waals surface area contributed by atoms with Gasteiger partial charge in [0.2, 0.25) is 5.91 Å². The topological polar surface area (TPSA) is 55.6 Å². The number of ether oxygens (including phenoxy) is 1. The molecule has 1 aliphatic rings. The van der Waals surface area contributed by atoms with Crippen LogP contribution in [0.2, 0.25) is 0 Å². The molecular weight excluding hydrogens is 228 g/mol. The zero-order valence-electron chi connectivity index (χ0n) is 10.1. The fraction of sp³-hybridized carbons (Fsp3) is 0.909. The summed E-state index contributed by atoms with van der Waals surface area (Å²) < 4.78 is 4.90. The summed E-state index contributed by atoms with van der Waals surface area (Å²) in [6.07, 6.45) is 3.48. The van der Waals surface area contributed by atoms with Crippen LogP contribution in [-0.4, -0.2) is 43.7 Å². The highest BCUT2D eigenvalue weighted by atomic mass is 35.5. The molecule has 1 fully saturated rings. The van der Waals surface area contributed by atoms with Crippen LogP contribution in [0, 0.1) is 5.92 Å². The summed E-state index contributed by atoms with van der Waals surface area (Å²) in [5.41, 5.74) is 5.73. The Morgan fingerprint density at radius 3 is 2.88 bits per heavy atom. The maximum absolute atomic E-state index is 11.9. The Hall–Kier alpha value is -0.320. The molecule has 5 heteroatoms. The van der Waals surface area contributed by atoms with Crippen LogP contribution in [0.3, 0.4) is 0 Å². The van der Waals surface area contributed by atoms with Crippen molar-refractivity contribution in [3.05, 3.63) is 0 Å². The summed E-state index contributed by atoms with van der Waals surface area (Å²) in [5.74, 6) is 0.687. The molecule has 0 spiro atoms.